The Balaban J connectivity index is 1.74. The zero-order valence-electron chi connectivity index (χ0n) is 17.0. The Bertz CT molecular complexity index is 944. The molecule has 30 heavy (non-hydrogen) atoms. The highest BCUT2D eigenvalue weighted by atomic mass is 16.5. The lowest BCUT2D eigenvalue weighted by Gasteiger charge is -2.20. The number of carbonyl (C=O) groups is 2. The highest BCUT2D eigenvalue weighted by molar-refractivity contribution is 5.92. The van der Waals surface area contributed by atoms with Crippen LogP contribution >= 0.6 is 0 Å². The second-order valence-electron chi connectivity index (χ2n) is 6.51. The number of aryl methyl sites for hydroxylation is 1. The molecule has 3 rings (SSSR count). The van der Waals surface area contributed by atoms with E-state index in [-0.39, 0.29) is 0 Å². The van der Waals surface area contributed by atoms with E-state index in [1.54, 1.807) is 21.1 Å². The molecule has 0 saturated heterocycles. The maximum atomic E-state index is 12.5. The molecule has 0 atom stereocenters. The average Bonchev–Trinajstić information content (AvgIpc) is 3.22. The summed E-state index contributed by atoms with van der Waals surface area (Å²) in [5, 5.41) is 2.92. The molecule has 7 heteroatoms. The van der Waals surface area contributed by atoms with Crippen molar-refractivity contribution < 1.29 is 28.2 Å². The first-order valence-corrected chi connectivity index (χ1v) is 9.30. The van der Waals surface area contributed by atoms with Crippen molar-refractivity contribution in [3.05, 3.63) is 83.3 Å². The van der Waals surface area contributed by atoms with E-state index in [0.29, 0.717) is 22.8 Å². The molecular weight excluding hydrogens is 386 g/mol. The van der Waals surface area contributed by atoms with Crippen molar-refractivity contribution in [1.29, 1.82) is 0 Å². The molecule has 1 aromatic heterocycles. The largest absolute Gasteiger partial charge is 0.497 e. The Morgan fingerprint density at radius 1 is 0.900 bits per heavy atom. The minimum absolute atomic E-state index is 0.296. The number of hydrogen-bond acceptors (Lipinski definition) is 6. The molecule has 0 unspecified atom stereocenters. The van der Waals surface area contributed by atoms with E-state index in [0.717, 1.165) is 11.1 Å². The molecule has 156 valence electrons. The summed E-state index contributed by atoms with van der Waals surface area (Å²) in [5.41, 5.74) is 2.00. The molecule has 0 fully saturated rings. The number of hydrogen-bond donors (Lipinski definition) is 1. The number of furan rings is 1. The maximum absolute atomic E-state index is 12.5. The lowest BCUT2D eigenvalue weighted by molar-refractivity contribution is -0.124. The van der Waals surface area contributed by atoms with E-state index in [1.165, 1.54) is 12.3 Å². The van der Waals surface area contributed by atoms with Crippen LogP contribution in [-0.2, 0) is 9.53 Å². The van der Waals surface area contributed by atoms with Crippen molar-refractivity contribution in [3.63, 3.8) is 0 Å². The predicted octanol–water partition coefficient (Wildman–Crippen LogP) is 3.67. The van der Waals surface area contributed by atoms with Gasteiger partial charge in [0.25, 0.3) is 5.91 Å². The van der Waals surface area contributed by atoms with Gasteiger partial charge in [0, 0.05) is 0 Å². The lowest BCUT2D eigenvalue weighted by atomic mass is 9.98. The number of benzene rings is 2. The van der Waals surface area contributed by atoms with Gasteiger partial charge < -0.3 is 23.9 Å². The predicted molar refractivity (Wildman–Crippen MR) is 110 cm³/mol. The zero-order chi connectivity index (χ0) is 21.5. The summed E-state index contributed by atoms with van der Waals surface area (Å²) >= 11 is 0. The molecular formula is C23H23NO6. The van der Waals surface area contributed by atoms with Gasteiger partial charge in [0.2, 0.25) is 0 Å². The zero-order valence-corrected chi connectivity index (χ0v) is 17.0. The molecule has 0 aliphatic carbocycles. The van der Waals surface area contributed by atoms with E-state index in [4.69, 9.17) is 18.6 Å². The second-order valence-corrected chi connectivity index (χ2v) is 6.51. The van der Waals surface area contributed by atoms with Crippen LogP contribution in [0, 0.1) is 6.92 Å². The van der Waals surface area contributed by atoms with Gasteiger partial charge in [0.1, 0.15) is 22.8 Å². The van der Waals surface area contributed by atoms with Gasteiger partial charge in [-0.25, -0.2) is 4.79 Å². The standard InChI is InChI=1S/C23H23NO6/c1-15-20(12-13-29-15)23(26)30-14-21(25)24-22(16-4-8-18(27-2)9-5-16)17-6-10-19(28-3)11-7-17/h4-13,22H,14H2,1-3H3,(H,24,25). The van der Waals surface area contributed by atoms with Crippen LogP contribution < -0.4 is 14.8 Å². The quantitative estimate of drug-likeness (QED) is 0.571. The van der Waals surface area contributed by atoms with Gasteiger partial charge in [0.05, 0.1) is 26.5 Å². The first-order chi connectivity index (χ1) is 14.5. The molecule has 2 aromatic carbocycles. The second kappa shape index (κ2) is 9.65. The summed E-state index contributed by atoms with van der Waals surface area (Å²) in [6, 6.07) is 15.8. The molecule has 0 saturated carbocycles. The normalized spacial score (nSPS) is 10.5. The summed E-state index contributed by atoms with van der Waals surface area (Å²) in [4.78, 5) is 24.7. The number of rotatable bonds is 8. The van der Waals surface area contributed by atoms with Crippen molar-refractivity contribution in [1.82, 2.24) is 5.32 Å². The molecule has 0 aliphatic rings. The van der Waals surface area contributed by atoms with Crippen LogP contribution in [-0.4, -0.2) is 32.7 Å². The topological polar surface area (TPSA) is 87.0 Å². The Hall–Kier alpha value is -3.74. The third kappa shape index (κ3) is 5.00. The molecule has 0 radical (unpaired) electrons. The van der Waals surface area contributed by atoms with Crippen LogP contribution in [0.15, 0.2) is 65.3 Å². The number of esters is 1. The number of nitrogens with one attached hydrogen (secondary N) is 1. The molecule has 1 N–H and O–H groups in total. The summed E-state index contributed by atoms with van der Waals surface area (Å²) < 4.78 is 20.6. The van der Waals surface area contributed by atoms with Crippen LogP contribution in [0.25, 0.3) is 0 Å². The number of carbonyl (C=O) groups excluding carboxylic acids is 2. The smallest absolute Gasteiger partial charge is 0.342 e. The van der Waals surface area contributed by atoms with E-state index < -0.39 is 24.5 Å². The van der Waals surface area contributed by atoms with Crippen molar-refractivity contribution >= 4 is 11.9 Å². The Kier molecular flexibility index (Phi) is 6.75. The van der Waals surface area contributed by atoms with Crippen molar-refractivity contribution in [2.45, 2.75) is 13.0 Å². The number of ether oxygens (including phenoxy) is 3. The minimum atomic E-state index is -0.609. The van der Waals surface area contributed by atoms with Gasteiger partial charge in [-0.3, -0.25) is 4.79 Å². The maximum Gasteiger partial charge on any atom is 0.342 e. The third-order valence-electron chi connectivity index (χ3n) is 4.62. The van der Waals surface area contributed by atoms with Crippen LogP contribution in [0.1, 0.15) is 33.3 Å². The van der Waals surface area contributed by atoms with Crippen molar-refractivity contribution in [2.24, 2.45) is 0 Å². The third-order valence-corrected chi connectivity index (χ3v) is 4.62. The average molecular weight is 409 g/mol. The van der Waals surface area contributed by atoms with Crippen LogP contribution in [0.2, 0.25) is 0 Å². The van der Waals surface area contributed by atoms with Crippen LogP contribution in [0.3, 0.4) is 0 Å². The van der Waals surface area contributed by atoms with E-state index in [2.05, 4.69) is 5.32 Å². The Labute approximate surface area is 174 Å². The minimum Gasteiger partial charge on any atom is -0.497 e. The highest BCUT2D eigenvalue weighted by Gasteiger charge is 2.20. The van der Waals surface area contributed by atoms with E-state index >= 15 is 0 Å². The lowest BCUT2D eigenvalue weighted by Crippen LogP contribution is -2.33. The van der Waals surface area contributed by atoms with Crippen LogP contribution in [0.4, 0.5) is 0 Å². The first kappa shape index (κ1) is 21.0. The van der Waals surface area contributed by atoms with Gasteiger partial charge in [-0.05, 0) is 48.4 Å². The molecule has 0 spiro atoms. The summed E-state index contributed by atoms with van der Waals surface area (Å²) in [6.45, 7) is 1.24. The van der Waals surface area contributed by atoms with Gasteiger partial charge in [-0.2, -0.15) is 0 Å². The number of methoxy groups -OCH3 is 2. The SMILES string of the molecule is COc1ccc(C(NC(=O)COC(=O)c2ccoc2C)c2ccc(OC)cc2)cc1. The van der Waals surface area contributed by atoms with Crippen LogP contribution in [0.5, 0.6) is 11.5 Å². The van der Waals surface area contributed by atoms with E-state index in [9.17, 15) is 9.59 Å². The van der Waals surface area contributed by atoms with Gasteiger partial charge in [-0.15, -0.1) is 0 Å². The Morgan fingerprint density at radius 2 is 1.43 bits per heavy atom. The van der Waals surface area contributed by atoms with E-state index in [1.807, 2.05) is 48.5 Å². The molecule has 1 heterocycles. The fourth-order valence-electron chi connectivity index (χ4n) is 2.96. The monoisotopic (exact) mass is 409 g/mol. The number of amides is 1. The molecule has 3 aromatic rings. The summed E-state index contributed by atoms with van der Waals surface area (Å²) in [5.74, 6) is 0.823. The molecule has 7 nitrogen and oxygen atoms in total. The molecule has 1 amide bonds. The van der Waals surface area contributed by atoms with Gasteiger partial charge in [0.15, 0.2) is 6.61 Å². The first-order valence-electron chi connectivity index (χ1n) is 9.30. The summed E-state index contributed by atoms with van der Waals surface area (Å²) in [6.07, 6.45) is 1.40. The fourth-order valence-corrected chi connectivity index (χ4v) is 2.96. The fraction of sp³-hybridized carbons (Fsp3) is 0.217. The summed E-state index contributed by atoms with van der Waals surface area (Å²) in [7, 11) is 3.18. The molecule has 0 bridgehead atoms. The Morgan fingerprint density at radius 3 is 1.87 bits per heavy atom. The molecule has 0 aliphatic heterocycles. The highest BCUT2D eigenvalue weighted by Crippen LogP contribution is 2.26. The van der Waals surface area contributed by atoms with Gasteiger partial charge >= 0.3 is 5.97 Å². The van der Waals surface area contributed by atoms with Gasteiger partial charge in [-0.1, -0.05) is 24.3 Å². The van der Waals surface area contributed by atoms with Crippen molar-refractivity contribution in [3.8, 4) is 11.5 Å². The van der Waals surface area contributed by atoms with Crippen molar-refractivity contribution in [2.75, 3.05) is 20.8 Å².